The Balaban J connectivity index is 1.34. The van der Waals surface area contributed by atoms with E-state index in [1.165, 1.54) is 16.9 Å². The van der Waals surface area contributed by atoms with Gasteiger partial charge in [-0.15, -0.1) is 10.2 Å². The van der Waals surface area contributed by atoms with Crippen LogP contribution < -0.4 is 5.32 Å². The topological polar surface area (TPSA) is 80.2 Å². The van der Waals surface area contributed by atoms with Gasteiger partial charge in [-0.05, 0) is 17.7 Å². The minimum atomic E-state index is -0.147. The van der Waals surface area contributed by atoms with Gasteiger partial charge in [-0.2, -0.15) is 0 Å². The van der Waals surface area contributed by atoms with Crippen LogP contribution in [0, 0.1) is 0 Å². The molecule has 31 heavy (non-hydrogen) atoms. The number of anilines is 1. The Bertz CT molecular complexity index is 1010. The van der Waals surface area contributed by atoms with E-state index in [0.717, 1.165) is 22.8 Å². The van der Waals surface area contributed by atoms with Crippen molar-refractivity contribution in [1.82, 2.24) is 20.1 Å². The zero-order valence-corrected chi connectivity index (χ0v) is 18.6. The molecule has 1 saturated heterocycles. The fraction of sp³-hybridized carbons (Fsp3) is 0.391. The maximum atomic E-state index is 12.5. The van der Waals surface area contributed by atoms with E-state index in [-0.39, 0.29) is 12.0 Å². The molecule has 1 amide bonds. The molecule has 1 N–H and O–H groups in total. The maximum absolute atomic E-state index is 12.5. The summed E-state index contributed by atoms with van der Waals surface area (Å²) in [7, 11) is 0. The van der Waals surface area contributed by atoms with E-state index >= 15 is 0 Å². The molecule has 0 radical (unpaired) electrons. The first kappa shape index (κ1) is 21.5. The summed E-state index contributed by atoms with van der Waals surface area (Å²) in [6.45, 7) is 6.31. The van der Waals surface area contributed by atoms with E-state index in [1.807, 2.05) is 36.4 Å². The van der Waals surface area contributed by atoms with Crippen molar-refractivity contribution in [3.63, 3.8) is 0 Å². The molecule has 3 heterocycles. The Kier molecular flexibility index (Phi) is 7.01. The number of benzene rings is 1. The molecule has 8 heteroatoms. The minimum Gasteiger partial charge on any atom is -0.369 e. The lowest BCUT2D eigenvalue weighted by Gasteiger charge is -2.32. The Hall–Kier alpha value is -2.68. The van der Waals surface area contributed by atoms with Crippen molar-refractivity contribution >= 4 is 22.4 Å². The smallest absolute Gasteiger partial charge is 0.240 e. The second kappa shape index (κ2) is 10.1. The van der Waals surface area contributed by atoms with Crippen LogP contribution in [0.15, 0.2) is 48.5 Å². The standard InChI is InChI=1S/C23H27N5O2S/c1-16(2)22-26-27-23(31-22)25-21(29)15-28-11-12-30-20(14-28)19-10-6-9-18(24-19)13-17-7-4-3-5-8-17/h3-10,16,20H,11-15H2,1-2H3,(H,25,27,29)/t20-/m0/s1. The second-order valence-corrected chi connectivity index (χ2v) is 8.97. The Labute approximate surface area is 186 Å². The van der Waals surface area contributed by atoms with Crippen molar-refractivity contribution in [2.75, 3.05) is 31.6 Å². The van der Waals surface area contributed by atoms with Crippen LogP contribution in [0.5, 0.6) is 0 Å². The summed E-state index contributed by atoms with van der Waals surface area (Å²) in [6, 6.07) is 16.4. The molecule has 1 atom stereocenters. The van der Waals surface area contributed by atoms with Crippen LogP contribution >= 0.6 is 11.3 Å². The number of rotatable bonds is 7. The van der Waals surface area contributed by atoms with E-state index < -0.39 is 0 Å². The zero-order valence-electron chi connectivity index (χ0n) is 17.8. The molecule has 1 aromatic carbocycles. The van der Waals surface area contributed by atoms with Crippen LogP contribution in [0.2, 0.25) is 0 Å². The number of hydrogen-bond acceptors (Lipinski definition) is 7. The number of aromatic nitrogens is 3. The Morgan fingerprint density at radius 3 is 2.81 bits per heavy atom. The monoisotopic (exact) mass is 437 g/mol. The number of carbonyl (C=O) groups is 1. The molecule has 0 saturated carbocycles. The molecule has 162 valence electrons. The average Bonchev–Trinajstić information content (AvgIpc) is 3.23. The van der Waals surface area contributed by atoms with Crippen molar-refractivity contribution in [3.8, 4) is 0 Å². The quantitative estimate of drug-likeness (QED) is 0.608. The molecule has 0 spiro atoms. The molecule has 1 aliphatic rings. The summed E-state index contributed by atoms with van der Waals surface area (Å²) in [5, 5.41) is 12.5. The minimum absolute atomic E-state index is 0.0853. The van der Waals surface area contributed by atoms with Gasteiger partial charge in [0.1, 0.15) is 11.1 Å². The molecule has 1 aliphatic heterocycles. The molecular formula is C23H27N5O2S. The van der Waals surface area contributed by atoms with Gasteiger partial charge in [-0.1, -0.05) is 61.6 Å². The van der Waals surface area contributed by atoms with E-state index in [2.05, 4.69) is 46.4 Å². The van der Waals surface area contributed by atoms with Crippen LogP contribution in [-0.4, -0.2) is 52.2 Å². The third-order valence-corrected chi connectivity index (χ3v) is 6.22. The number of nitrogens with zero attached hydrogens (tertiary/aromatic N) is 4. The van der Waals surface area contributed by atoms with Gasteiger partial charge in [0, 0.05) is 31.1 Å². The lowest BCUT2D eigenvalue weighted by molar-refractivity contribution is -0.119. The molecule has 2 aromatic heterocycles. The first-order chi connectivity index (χ1) is 15.1. The third-order valence-electron chi connectivity index (χ3n) is 5.08. The lowest BCUT2D eigenvalue weighted by Crippen LogP contribution is -2.42. The average molecular weight is 438 g/mol. The Morgan fingerprint density at radius 1 is 1.19 bits per heavy atom. The van der Waals surface area contributed by atoms with Gasteiger partial charge >= 0.3 is 0 Å². The van der Waals surface area contributed by atoms with Crippen molar-refractivity contribution in [2.24, 2.45) is 0 Å². The van der Waals surface area contributed by atoms with Gasteiger partial charge < -0.3 is 4.74 Å². The van der Waals surface area contributed by atoms with Gasteiger partial charge in [0.15, 0.2) is 0 Å². The first-order valence-corrected chi connectivity index (χ1v) is 11.4. The number of nitrogens with one attached hydrogen (secondary N) is 1. The second-order valence-electron chi connectivity index (χ2n) is 7.96. The van der Waals surface area contributed by atoms with Gasteiger partial charge in [-0.3, -0.25) is 20.0 Å². The molecular weight excluding hydrogens is 410 g/mol. The number of hydrogen-bond donors (Lipinski definition) is 1. The van der Waals surface area contributed by atoms with Gasteiger partial charge in [-0.25, -0.2) is 0 Å². The van der Waals surface area contributed by atoms with Crippen LogP contribution in [-0.2, 0) is 16.0 Å². The van der Waals surface area contributed by atoms with Crippen LogP contribution in [0.3, 0.4) is 0 Å². The highest BCUT2D eigenvalue weighted by Crippen LogP contribution is 2.23. The number of morpholine rings is 1. The fourth-order valence-electron chi connectivity index (χ4n) is 3.49. The molecule has 0 aliphatic carbocycles. The predicted molar refractivity (Wildman–Crippen MR) is 121 cm³/mol. The van der Waals surface area contributed by atoms with Crippen molar-refractivity contribution in [1.29, 1.82) is 0 Å². The highest BCUT2D eigenvalue weighted by molar-refractivity contribution is 7.15. The summed E-state index contributed by atoms with van der Waals surface area (Å²) in [4.78, 5) is 19.4. The highest BCUT2D eigenvalue weighted by Gasteiger charge is 2.25. The third kappa shape index (κ3) is 5.94. The van der Waals surface area contributed by atoms with Gasteiger partial charge in [0.05, 0.1) is 18.8 Å². The summed E-state index contributed by atoms with van der Waals surface area (Å²) in [6.07, 6.45) is 0.639. The maximum Gasteiger partial charge on any atom is 0.240 e. The van der Waals surface area contributed by atoms with E-state index in [4.69, 9.17) is 9.72 Å². The number of ether oxygens (including phenoxy) is 1. The molecule has 0 unspecified atom stereocenters. The summed E-state index contributed by atoms with van der Waals surface area (Å²) < 4.78 is 5.97. The fourth-order valence-corrected chi connectivity index (χ4v) is 4.25. The molecule has 7 nitrogen and oxygen atoms in total. The Morgan fingerprint density at radius 2 is 2.03 bits per heavy atom. The lowest BCUT2D eigenvalue weighted by atomic mass is 10.1. The van der Waals surface area contributed by atoms with Crippen LogP contribution in [0.4, 0.5) is 5.13 Å². The van der Waals surface area contributed by atoms with E-state index in [1.54, 1.807) is 0 Å². The van der Waals surface area contributed by atoms with Crippen LogP contribution in [0.25, 0.3) is 0 Å². The largest absolute Gasteiger partial charge is 0.369 e. The molecule has 4 rings (SSSR count). The van der Waals surface area contributed by atoms with Crippen molar-refractivity contribution < 1.29 is 9.53 Å². The van der Waals surface area contributed by atoms with Crippen LogP contribution in [0.1, 0.15) is 47.8 Å². The predicted octanol–water partition coefficient (Wildman–Crippen LogP) is 3.66. The first-order valence-electron chi connectivity index (χ1n) is 10.5. The zero-order chi connectivity index (χ0) is 21.6. The van der Waals surface area contributed by atoms with Gasteiger partial charge in [0.2, 0.25) is 11.0 Å². The number of carbonyl (C=O) groups excluding carboxylic acids is 1. The summed E-state index contributed by atoms with van der Waals surface area (Å²) >= 11 is 1.42. The molecule has 3 aromatic rings. The molecule has 1 fully saturated rings. The normalized spacial score (nSPS) is 17.1. The summed E-state index contributed by atoms with van der Waals surface area (Å²) in [5.74, 6) is 0.214. The van der Waals surface area contributed by atoms with E-state index in [9.17, 15) is 4.79 Å². The molecule has 0 bridgehead atoms. The van der Waals surface area contributed by atoms with Crippen molar-refractivity contribution in [3.05, 3.63) is 70.5 Å². The van der Waals surface area contributed by atoms with Gasteiger partial charge in [0.25, 0.3) is 0 Å². The SMILES string of the molecule is CC(C)c1nnc(NC(=O)CN2CCO[C@H](c3cccc(Cc4ccccc4)n3)C2)s1. The number of pyridine rings is 1. The highest BCUT2D eigenvalue weighted by atomic mass is 32.1. The van der Waals surface area contributed by atoms with E-state index in [0.29, 0.717) is 37.3 Å². The van der Waals surface area contributed by atoms with Crippen molar-refractivity contribution in [2.45, 2.75) is 32.3 Å². The number of amides is 1. The summed E-state index contributed by atoms with van der Waals surface area (Å²) in [5.41, 5.74) is 3.15.